The lowest BCUT2D eigenvalue weighted by Crippen LogP contribution is -2.53. The first-order valence-electron chi connectivity index (χ1n) is 9.54. The number of fused-ring (bicyclic) bond motifs is 1. The van der Waals surface area contributed by atoms with Gasteiger partial charge in [-0.1, -0.05) is 31.0 Å². The van der Waals surface area contributed by atoms with E-state index in [4.69, 9.17) is 4.74 Å². The topological polar surface area (TPSA) is 51.5 Å². The number of carbonyl (C=O) groups excluding carboxylic acids is 2. The molecule has 2 fully saturated rings. The molecule has 0 unspecified atom stereocenters. The number of amides is 1. The largest absolute Gasteiger partial charge is 0.371 e. The molecular formula is C21H26N2O3. The molecule has 1 amide bonds. The summed E-state index contributed by atoms with van der Waals surface area (Å²) in [6.07, 6.45) is 6.29. The maximum absolute atomic E-state index is 13.2. The van der Waals surface area contributed by atoms with Gasteiger partial charge in [-0.2, -0.15) is 0 Å². The number of hydrogen-bond acceptors (Lipinski definition) is 3. The predicted molar refractivity (Wildman–Crippen MR) is 100 cm³/mol. The average Bonchev–Trinajstić information content (AvgIpc) is 3.25. The average molecular weight is 354 g/mol. The van der Waals surface area contributed by atoms with Gasteiger partial charge in [0, 0.05) is 35.8 Å². The van der Waals surface area contributed by atoms with Gasteiger partial charge in [0.1, 0.15) is 6.04 Å². The van der Waals surface area contributed by atoms with Crippen LogP contribution >= 0.6 is 0 Å². The van der Waals surface area contributed by atoms with Crippen LogP contribution in [0.4, 0.5) is 0 Å². The smallest absolute Gasteiger partial charge is 0.245 e. The Morgan fingerprint density at radius 2 is 1.92 bits per heavy atom. The van der Waals surface area contributed by atoms with Crippen molar-refractivity contribution in [3.63, 3.8) is 0 Å². The molecule has 2 aromatic rings. The number of hydrogen-bond donors (Lipinski definition) is 0. The van der Waals surface area contributed by atoms with Crippen molar-refractivity contribution in [1.29, 1.82) is 0 Å². The Balaban J connectivity index is 1.63. The highest BCUT2D eigenvalue weighted by Crippen LogP contribution is 2.36. The number of ether oxygens (including phenoxy) is 1. The van der Waals surface area contributed by atoms with Crippen molar-refractivity contribution >= 4 is 22.6 Å². The predicted octanol–water partition coefficient (Wildman–Crippen LogP) is 3.58. The molecule has 1 aliphatic heterocycles. The second kappa shape index (κ2) is 6.54. The third kappa shape index (κ3) is 2.84. The zero-order valence-corrected chi connectivity index (χ0v) is 15.5. The monoisotopic (exact) mass is 354 g/mol. The second-order valence-corrected chi connectivity index (χ2v) is 7.70. The number of aromatic nitrogens is 1. The van der Waals surface area contributed by atoms with Crippen molar-refractivity contribution in [1.82, 2.24) is 9.47 Å². The number of carbonyl (C=O) groups is 2. The highest BCUT2D eigenvalue weighted by Gasteiger charge is 2.41. The molecule has 5 heteroatoms. The van der Waals surface area contributed by atoms with Crippen LogP contribution in [0.15, 0.2) is 30.5 Å². The van der Waals surface area contributed by atoms with Gasteiger partial charge < -0.3 is 14.2 Å². The van der Waals surface area contributed by atoms with Crippen LogP contribution in [0.1, 0.15) is 55.9 Å². The SMILES string of the molecule is CC(=O)c1cn([C@@H](C)C(=O)N2CCOC3(CCCC3)C2)c2ccccc12. The molecule has 1 aromatic heterocycles. The van der Waals surface area contributed by atoms with Crippen LogP contribution in [0, 0.1) is 0 Å². The molecule has 1 spiro atoms. The summed E-state index contributed by atoms with van der Waals surface area (Å²) in [5.74, 6) is 0.131. The molecule has 138 valence electrons. The van der Waals surface area contributed by atoms with Crippen molar-refractivity contribution in [2.45, 2.75) is 51.2 Å². The Morgan fingerprint density at radius 3 is 2.65 bits per heavy atom. The highest BCUT2D eigenvalue weighted by atomic mass is 16.5. The maximum Gasteiger partial charge on any atom is 0.245 e. The van der Waals surface area contributed by atoms with Crippen LogP contribution in [0.5, 0.6) is 0 Å². The fourth-order valence-corrected chi connectivity index (χ4v) is 4.54. The third-order valence-corrected chi connectivity index (χ3v) is 5.97. The van der Waals surface area contributed by atoms with Gasteiger partial charge in [0.15, 0.2) is 5.78 Å². The van der Waals surface area contributed by atoms with E-state index in [9.17, 15) is 9.59 Å². The summed E-state index contributed by atoms with van der Waals surface area (Å²) in [5.41, 5.74) is 1.48. The number of Topliss-reactive ketones (excluding diaryl/α,β-unsaturated/α-hetero) is 1. The number of benzene rings is 1. The molecule has 1 atom stereocenters. The second-order valence-electron chi connectivity index (χ2n) is 7.70. The van der Waals surface area contributed by atoms with Gasteiger partial charge in [0.25, 0.3) is 0 Å². The molecule has 2 heterocycles. The van der Waals surface area contributed by atoms with E-state index in [0.29, 0.717) is 25.3 Å². The van der Waals surface area contributed by atoms with E-state index in [2.05, 4.69) is 0 Å². The van der Waals surface area contributed by atoms with Crippen molar-refractivity contribution < 1.29 is 14.3 Å². The van der Waals surface area contributed by atoms with Gasteiger partial charge in [-0.15, -0.1) is 0 Å². The maximum atomic E-state index is 13.2. The molecule has 5 nitrogen and oxygen atoms in total. The molecule has 0 radical (unpaired) electrons. The Bertz CT molecular complexity index is 848. The normalized spacial score (nSPS) is 20.6. The summed E-state index contributed by atoms with van der Waals surface area (Å²) in [6, 6.07) is 7.45. The molecule has 1 aliphatic carbocycles. The Labute approximate surface area is 153 Å². The minimum Gasteiger partial charge on any atom is -0.371 e. The van der Waals surface area contributed by atoms with E-state index < -0.39 is 0 Å². The van der Waals surface area contributed by atoms with Crippen LogP contribution in [-0.4, -0.2) is 46.5 Å². The van der Waals surface area contributed by atoms with Gasteiger partial charge in [-0.3, -0.25) is 9.59 Å². The fourth-order valence-electron chi connectivity index (χ4n) is 4.54. The fraction of sp³-hybridized carbons (Fsp3) is 0.524. The van der Waals surface area contributed by atoms with E-state index >= 15 is 0 Å². The van der Waals surface area contributed by atoms with E-state index in [1.54, 1.807) is 6.92 Å². The van der Waals surface area contributed by atoms with Crippen LogP contribution < -0.4 is 0 Å². The lowest BCUT2D eigenvalue weighted by Gasteiger charge is -2.41. The number of para-hydroxylation sites is 1. The lowest BCUT2D eigenvalue weighted by molar-refractivity contribution is -0.152. The first kappa shape index (κ1) is 17.3. The summed E-state index contributed by atoms with van der Waals surface area (Å²) in [5, 5.41) is 0.911. The number of ketones is 1. The van der Waals surface area contributed by atoms with Crippen LogP contribution in [0.2, 0.25) is 0 Å². The van der Waals surface area contributed by atoms with Crippen molar-refractivity contribution in [3.8, 4) is 0 Å². The van der Waals surface area contributed by atoms with Crippen molar-refractivity contribution in [2.24, 2.45) is 0 Å². The quantitative estimate of drug-likeness (QED) is 0.792. The van der Waals surface area contributed by atoms with E-state index in [-0.39, 0.29) is 23.3 Å². The minimum absolute atomic E-state index is 0.0240. The zero-order valence-electron chi connectivity index (χ0n) is 15.5. The van der Waals surface area contributed by atoms with E-state index in [1.165, 1.54) is 12.8 Å². The number of nitrogens with zero attached hydrogens (tertiary/aromatic N) is 2. The third-order valence-electron chi connectivity index (χ3n) is 5.97. The summed E-state index contributed by atoms with van der Waals surface area (Å²) < 4.78 is 8.00. The van der Waals surface area contributed by atoms with Gasteiger partial charge >= 0.3 is 0 Å². The van der Waals surface area contributed by atoms with E-state index in [0.717, 1.165) is 23.7 Å². The molecule has 4 rings (SSSR count). The van der Waals surface area contributed by atoms with Gasteiger partial charge in [0.2, 0.25) is 5.91 Å². The Morgan fingerprint density at radius 1 is 1.19 bits per heavy atom. The minimum atomic E-state index is -0.343. The Kier molecular flexibility index (Phi) is 4.35. The summed E-state index contributed by atoms with van der Waals surface area (Å²) >= 11 is 0. The van der Waals surface area contributed by atoms with Crippen LogP contribution in [0.25, 0.3) is 10.9 Å². The van der Waals surface area contributed by atoms with Gasteiger partial charge in [-0.25, -0.2) is 0 Å². The molecule has 2 aliphatic rings. The Hall–Kier alpha value is -2.14. The zero-order chi connectivity index (χ0) is 18.3. The molecule has 1 aromatic carbocycles. The lowest BCUT2D eigenvalue weighted by atomic mass is 9.99. The summed E-state index contributed by atoms with van der Waals surface area (Å²) in [7, 11) is 0. The summed E-state index contributed by atoms with van der Waals surface area (Å²) in [4.78, 5) is 27.2. The first-order valence-corrected chi connectivity index (χ1v) is 9.54. The van der Waals surface area contributed by atoms with E-state index in [1.807, 2.05) is 46.9 Å². The highest BCUT2D eigenvalue weighted by molar-refractivity contribution is 6.07. The standard InChI is InChI=1S/C21H26N2O3/c1-15(20(25)22-11-12-26-21(14-22)9-5-6-10-21)23-13-18(16(2)24)17-7-3-4-8-19(17)23/h3-4,7-8,13,15H,5-6,9-12,14H2,1-2H3/t15-/m0/s1. The molecule has 26 heavy (non-hydrogen) atoms. The molecule has 0 N–H and O–H groups in total. The van der Waals surface area contributed by atoms with Crippen molar-refractivity contribution in [3.05, 3.63) is 36.0 Å². The molecular weight excluding hydrogens is 328 g/mol. The first-order chi connectivity index (χ1) is 12.5. The molecule has 1 saturated heterocycles. The van der Waals surface area contributed by atoms with Gasteiger partial charge in [0.05, 0.1) is 12.2 Å². The molecule has 0 bridgehead atoms. The number of morpholine rings is 1. The summed E-state index contributed by atoms with van der Waals surface area (Å²) in [6.45, 7) is 5.45. The van der Waals surface area contributed by atoms with Crippen LogP contribution in [-0.2, 0) is 9.53 Å². The molecule has 1 saturated carbocycles. The number of rotatable bonds is 3. The van der Waals surface area contributed by atoms with Gasteiger partial charge in [-0.05, 0) is 32.8 Å². The van der Waals surface area contributed by atoms with Crippen LogP contribution in [0.3, 0.4) is 0 Å². The van der Waals surface area contributed by atoms with Crippen molar-refractivity contribution in [2.75, 3.05) is 19.7 Å².